The summed E-state index contributed by atoms with van der Waals surface area (Å²) >= 11 is 4.88. The summed E-state index contributed by atoms with van der Waals surface area (Å²) in [4.78, 5) is 3.93. The standard InChI is InChI=1S/C14H15N3O2S2/c1-10-6-3-4-7-11(10)17(2)21(18,19)12-8-5-9-16-13(12)14(15)20/h3-9H,1-2H3,(H2,15,20). The molecule has 0 spiro atoms. The Balaban J connectivity index is 2.58. The third kappa shape index (κ3) is 2.88. The van der Waals surface area contributed by atoms with Crippen molar-refractivity contribution in [3.05, 3.63) is 53.9 Å². The van der Waals surface area contributed by atoms with Crippen molar-refractivity contribution in [3.8, 4) is 0 Å². The van der Waals surface area contributed by atoms with Crippen molar-refractivity contribution in [1.29, 1.82) is 0 Å². The monoisotopic (exact) mass is 321 g/mol. The number of anilines is 1. The number of nitrogens with two attached hydrogens (primary N) is 1. The van der Waals surface area contributed by atoms with E-state index >= 15 is 0 Å². The molecule has 1 aromatic carbocycles. The van der Waals surface area contributed by atoms with Gasteiger partial charge in [-0.15, -0.1) is 0 Å². The highest BCUT2D eigenvalue weighted by Gasteiger charge is 2.26. The van der Waals surface area contributed by atoms with Gasteiger partial charge in [-0.3, -0.25) is 9.29 Å². The van der Waals surface area contributed by atoms with E-state index in [-0.39, 0.29) is 15.6 Å². The fourth-order valence-corrected chi connectivity index (χ4v) is 3.62. The van der Waals surface area contributed by atoms with Gasteiger partial charge in [0.15, 0.2) is 0 Å². The van der Waals surface area contributed by atoms with Gasteiger partial charge in [0.1, 0.15) is 15.6 Å². The van der Waals surface area contributed by atoms with E-state index in [1.54, 1.807) is 18.2 Å². The summed E-state index contributed by atoms with van der Waals surface area (Å²) < 4.78 is 26.8. The summed E-state index contributed by atoms with van der Waals surface area (Å²) in [6, 6.07) is 10.2. The summed E-state index contributed by atoms with van der Waals surface area (Å²) in [6.45, 7) is 1.85. The van der Waals surface area contributed by atoms with Crippen LogP contribution in [0.15, 0.2) is 47.5 Å². The van der Waals surface area contributed by atoms with E-state index in [2.05, 4.69) is 4.98 Å². The number of aromatic nitrogens is 1. The van der Waals surface area contributed by atoms with E-state index in [0.29, 0.717) is 5.69 Å². The molecule has 0 saturated carbocycles. The zero-order valence-electron chi connectivity index (χ0n) is 11.6. The number of rotatable bonds is 4. The van der Waals surface area contributed by atoms with Crippen molar-refractivity contribution in [2.45, 2.75) is 11.8 Å². The Morgan fingerprint density at radius 2 is 1.90 bits per heavy atom. The second-order valence-electron chi connectivity index (χ2n) is 4.47. The Hall–Kier alpha value is -1.99. The fraction of sp³-hybridized carbons (Fsp3) is 0.143. The van der Waals surface area contributed by atoms with Gasteiger partial charge in [0, 0.05) is 13.2 Å². The van der Waals surface area contributed by atoms with Gasteiger partial charge in [0.05, 0.1) is 5.69 Å². The summed E-state index contributed by atoms with van der Waals surface area (Å²) in [6.07, 6.45) is 1.46. The zero-order valence-corrected chi connectivity index (χ0v) is 13.3. The normalized spacial score (nSPS) is 11.1. The van der Waals surface area contributed by atoms with Crippen LogP contribution >= 0.6 is 12.2 Å². The molecule has 2 N–H and O–H groups in total. The van der Waals surface area contributed by atoms with Crippen LogP contribution in [0.3, 0.4) is 0 Å². The summed E-state index contributed by atoms with van der Waals surface area (Å²) in [5.74, 6) is 0. The van der Waals surface area contributed by atoms with Crippen molar-refractivity contribution in [1.82, 2.24) is 4.98 Å². The SMILES string of the molecule is Cc1ccccc1N(C)S(=O)(=O)c1cccnc1C(N)=S. The smallest absolute Gasteiger partial charge is 0.266 e. The number of para-hydroxylation sites is 1. The van der Waals surface area contributed by atoms with Crippen molar-refractivity contribution in [2.24, 2.45) is 5.73 Å². The first-order valence-corrected chi connectivity index (χ1v) is 8.00. The molecular weight excluding hydrogens is 306 g/mol. The first-order valence-electron chi connectivity index (χ1n) is 6.15. The lowest BCUT2D eigenvalue weighted by atomic mass is 10.2. The second kappa shape index (κ2) is 5.79. The van der Waals surface area contributed by atoms with Crippen LogP contribution in [-0.2, 0) is 10.0 Å². The molecule has 1 heterocycles. The van der Waals surface area contributed by atoms with Gasteiger partial charge < -0.3 is 5.73 Å². The summed E-state index contributed by atoms with van der Waals surface area (Å²) in [5, 5.41) is 0. The summed E-state index contributed by atoms with van der Waals surface area (Å²) in [7, 11) is -2.29. The lowest BCUT2D eigenvalue weighted by molar-refractivity contribution is 0.593. The minimum atomic E-state index is -3.79. The van der Waals surface area contributed by atoms with Crippen LogP contribution < -0.4 is 10.0 Å². The average Bonchev–Trinajstić information content (AvgIpc) is 2.47. The van der Waals surface area contributed by atoms with E-state index in [1.807, 2.05) is 19.1 Å². The Kier molecular flexibility index (Phi) is 4.24. The third-order valence-electron chi connectivity index (χ3n) is 3.10. The molecular formula is C14H15N3O2S2. The quantitative estimate of drug-likeness (QED) is 0.870. The lowest BCUT2D eigenvalue weighted by Gasteiger charge is -2.22. The molecule has 0 aliphatic rings. The van der Waals surface area contributed by atoms with Crippen LogP contribution in [0, 0.1) is 6.92 Å². The van der Waals surface area contributed by atoms with Crippen LogP contribution in [0.2, 0.25) is 0 Å². The van der Waals surface area contributed by atoms with E-state index in [4.69, 9.17) is 18.0 Å². The van der Waals surface area contributed by atoms with Crippen molar-refractivity contribution in [2.75, 3.05) is 11.4 Å². The number of hydrogen-bond acceptors (Lipinski definition) is 4. The molecule has 0 fully saturated rings. The van der Waals surface area contributed by atoms with Gasteiger partial charge in [-0.25, -0.2) is 8.42 Å². The molecule has 0 saturated heterocycles. The van der Waals surface area contributed by atoms with Crippen molar-refractivity contribution < 1.29 is 8.42 Å². The Labute approximate surface area is 129 Å². The summed E-state index contributed by atoms with van der Waals surface area (Å²) in [5.41, 5.74) is 7.11. The zero-order chi connectivity index (χ0) is 15.6. The molecule has 0 aliphatic carbocycles. The molecule has 2 rings (SSSR count). The van der Waals surface area contributed by atoms with Crippen LogP contribution in [0.5, 0.6) is 0 Å². The number of thiocarbonyl (C=S) groups is 1. The van der Waals surface area contributed by atoms with Crippen LogP contribution in [-0.4, -0.2) is 25.4 Å². The maximum atomic E-state index is 12.8. The molecule has 0 unspecified atom stereocenters. The molecule has 2 aromatic rings. The Morgan fingerprint density at radius 1 is 1.24 bits per heavy atom. The van der Waals surface area contributed by atoms with Gasteiger partial charge in [-0.05, 0) is 30.7 Å². The van der Waals surface area contributed by atoms with Crippen LogP contribution in [0.1, 0.15) is 11.3 Å². The first-order chi connectivity index (χ1) is 9.85. The third-order valence-corrected chi connectivity index (χ3v) is 5.09. The number of nitrogens with zero attached hydrogens (tertiary/aromatic N) is 2. The van der Waals surface area contributed by atoms with Crippen LogP contribution in [0.25, 0.3) is 0 Å². The topological polar surface area (TPSA) is 76.3 Å². The molecule has 1 aromatic heterocycles. The van der Waals surface area contributed by atoms with Gasteiger partial charge in [0.25, 0.3) is 10.0 Å². The van der Waals surface area contributed by atoms with E-state index in [0.717, 1.165) is 5.56 Å². The predicted molar refractivity (Wildman–Crippen MR) is 86.9 cm³/mol. The number of sulfonamides is 1. The molecule has 110 valence electrons. The fourth-order valence-electron chi connectivity index (χ4n) is 1.98. The highest BCUT2D eigenvalue weighted by molar-refractivity contribution is 7.93. The number of hydrogen-bond donors (Lipinski definition) is 1. The predicted octanol–water partition coefficient (Wildman–Crippen LogP) is 1.85. The van der Waals surface area contributed by atoms with Gasteiger partial charge in [-0.1, -0.05) is 30.4 Å². The Bertz CT molecular complexity index is 788. The lowest BCUT2D eigenvalue weighted by Crippen LogP contribution is -2.29. The van der Waals surface area contributed by atoms with E-state index < -0.39 is 10.0 Å². The van der Waals surface area contributed by atoms with Gasteiger partial charge in [0.2, 0.25) is 0 Å². The van der Waals surface area contributed by atoms with Crippen molar-refractivity contribution in [3.63, 3.8) is 0 Å². The maximum Gasteiger partial charge on any atom is 0.266 e. The second-order valence-corrected chi connectivity index (χ2v) is 6.85. The van der Waals surface area contributed by atoms with Gasteiger partial charge in [-0.2, -0.15) is 0 Å². The average molecular weight is 321 g/mol. The molecule has 0 aliphatic heterocycles. The molecule has 0 atom stereocenters. The van der Waals surface area contributed by atoms with E-state index in [1.165, 1.54) is 23.6 Å². The Morgan fingerprint density at radius 3 is 2.52 bits per heavy atom. The minimum absolute atomic E-state index is 0.00301. The number of aryl methyl sites for hydroxylation is 1. The number of benzene rings is 1. The highest BCUT2D eigenvalue weighted by atomic mass is 32.2. The maximum absolute atomic E-state index is 12.8. The highest BCUT2D eigenvalue weighted by Crippen LogP contribution is 2.26. The van der Waals surface area contributed by atoms with E-state index in [9.17, 15) is 8.42 Å². The number of pyridine rings is 1. The van der Waals surface area contributed by atoms with Gasteiger partial charge >= 0.3 is 0 Å². The van der Waals surface area contributed by atoms with Crippen LogP contribution in [0.4, 0.5) is 5.69 Å². The molecule has 7 heteroatoms. The largest absolute Gasteiger partial charge is 0.388 e. The molecule has 0 bridgehead atoms. The molecule has 5 nitrogen and oxygen atoms in total. The molecule has 0 amide bonds. The first kappa shape index (κ1) is 15.4. The molecule has 21 heavy (non-hydrogen) atoms. The van der Waals surface area contributed by atoms with Crippen molar-refractivity contribution >= 4 is 32.9 Å². The minimum Gasteiger partial charge on any atom is -0.388 e. The molecule has 0 radical (unpaired) electrons.